The van der Waals surface area contributed by atoms with E-state index in [0.29, 0.717) is 22.8 Å². The third-order valence-electron chi connectivity index (χ3n) is 4.11. The molecule has 0 radical (unpaired) electrons. The maximum atomic E-state index is 14.3. The van der Waals surface area contributed by atoms with Gasteiger partial charge in [0.2, 0.25) is 0 Å². The summed E-state index contributed by atoms with van der Waals surface area (Å²) in [7, 11) is 0. The van der Waals surface area contributed by atoms with E-state index in [1.807, 2.05) is 0 Å². The lowest BCUT2D eigenvalue weighted by atomic mass is 10.1. The molecule has 1 aromatic heterocycles. The van der Waals surface area contributed by atoms with Crippen LogP contribution in [-0.2, 0) is 9.59 Å². The molecule has 0 aliphatic heterocycles. The molecule has 5 nitrogen and oxygen atoms in total. The number of halogens is 1. The lowest BCUT2D eigenvalue weighted by Crippen LogP contribution is -2.08. The minimum atomic E-state index is -0.613. The van der Waals surface area contributed by atoms with Gasteiger partial charge in [-0.1, -0.05) is 13.2 Å². The third-order valence-corrected chi connectivity index (χ3v) is 4.11. The Labute approximate surface area is 178 Å². The van der Waals surface area contributed by atoms with Crippen LogP contribution in [0.3, 0.4) is 0 Å². The number of carbonyl (C=O) groups is 2. The van der Waals surface area contributed by atoms with Crippen LogP contribution in [0.1, 0.15) is 18.2 Å². The SMILES string of the molecule is C=CC(=O)Oc1ccc(-c2ccc(/C=C/c3ccc(OC(=O)C(=C)C)cc3F)o2)cc1. The molecule has 0 amide bonds. The van der Waals surface area contributed by atoms with Gasteiger partial charge >= 0.3 is 11.9 Å². The standard InChI is InChI=1S/C25H19FO5/c1-4-24(27)30-20-10-7-18(8-11-20)23-14-13-19(29-23)9-5-17-6-12-21(15-22(17)26)31-25(28)16(2)3/h4-15H,1-2H2,3H3/b9-5+. The van der Waals surface area contributed by atoms with Crippen LogP contribution < -0.4 is 9.47 Å². The van der Waals surface area contributed by atoms with E-state index in [4.69, 9.17) is 13.9 Å². The van der Waals surface area contributed by atoms with Gasteiger partial charge in [-0.15, -0.1) is 0 Å². The Morgan fingerprint density at radius 1 is 0.968 bits per heavy atom. The van der Waals surface area contributed by atoms with Gasteiger partial charge in [-0.2, -0.15) is 0 Å². The average Bonchev–Trinajstić information content (AvgIpc) is 3.22. The number of carbonyl (C=O) groups excluding carboxylic acids is 2. The molecule has 0 saturated heterocycles. The normalized spacial score (nSPS) is 10.6. The monoisotopic (exact) mass is 418 g/mol. The second-order valence-electron chi connectivity index (χ2n) is 6.54. The summed E-state index contributed by atoms with van der Waals surface area (Å²) in [4.78, 5) is 22.7. The lowest BCUT2D eigenvalue weighted by molar-refractivity contribution is -0.130. The van der Waals surface area contributed by atoms with Crippen LogP contribution in [0.4, 0.5) is 4.39 Å². The van der Waals surface area contributed by atoms with E-state index in [2.05, 4.69) is 13.2 Å². The summed E-state index contributed by atoms with van der Waals surface area (Å²) in [5.74, 6) is -0.0683. The van der Waals surface area contributed by atoms with E-state index < -0.39 is 17.8 Å². The second-order valence-corrected chi connectivity index (χ2v) is 6.54. The molecule has 6 heteroatoms. The van der Waals surface area contributed by atoms with Gasteiger partial charge in [0.25, 0.3) is 0 Å². The van der Waals surface area contributed by atoms with Gasteiger partial charge in [0.05, 0.1) is 0 Å². The molecule has 0 aliphatic carbocycles. The van der Waals surface area contributed by atoms with E-state index in [9.17, 15) is 14.0 Å². The molecule has 3 rings (SSSR count). The Morgan fingerprint density at radius 2 is 1.68 bits per heavy atom. The fourth-order valence-corrected chi connectivity index (χ4v) is 2.52. The zero-order valence-electron chi connectivity index (χ0n) is 16.8. The first-order valence-electron chi connectivity index (χ1n) is 9.25. The van der Waals surface area contributed by atoms with E-state index >= 15 is 0 Å². The first-order chi connectivity index (χ1) is 14.9. The van der Waals surface area contributed by atoms with Gasteiger partial charge in [-0.3, -0.25) is 0 Å². The summed E-state index contributed by atoms with van der Waals surface area (Å²) in [6.07, 6.45) is 4.27. The fourth-order valence-electron chi connectivity index (χ4n) is 2.52. The van der Waals surface area contributed by atoms with Crippen molar-refractivity contribution in [3.05, 3.63) is 96.5 Å². The molecule has 156 valence electrons. The number of benzene rings is 2. The molecule has 0 atom stereocenters. The van der Waals surface area contributed by atoms with Crippen molar-refractivity contribution in [2.75, 3.05) is 0 Å². The first kappa shape index (κ1) is 21.5. The van der Waals surface area contributed by atoms with Crippen LogP contribution >= 0.6 is 0 Å². The van der Waals surface area contributed by atoms with Gasteiger partial charge in [0.15, 0.2) is 0 Å². The van der Waals surface area contributed by atoms with Crippen LogP contribution in [0, 0.1) is 5.82 Å². The molecule has 31 heavy (non-hydrogen) atoms. The number of esters is 2. The molecular formula is C25H19FO5. The number of furan rings is 1. The molecule has 3 aromatic rings. The summed E-state index contributed by atoms with van der Waals surface area (Å²) in [5.41, 5.74) is 1.32. The predicted octanol–water partition coefficient (Wildman–Crippen LogP) is 5.83. The van der Waals surface area contributed by atoms with Crippen LogP contribution in [-0.4, -0.2) is 11.9 Å². The summed E-state index contributed by atoms with van der Waals surface area (Å²) in [5, 5.41) is 0. The number of hydrogen-bond donors (Lipinski definition) is 0. The zero-order chi connectivity index (χ0) is 22.4. The van der Waals surface area contributed by atoms with Crippen molar-refractivity contribution in [2.24, 2.45) is 0 Å². The van der Waals surface area contributed by atoms with Crippen molar-refractivity contribution in [1.82, 2.24) is 0 Å². The van der Waals surface area contributed by atoms with Crippen molar-refractivity contribution >= 4 is 24.1 Å². The molecular weight excluding hydrogens is 399 g/mol. The maximum absolute atomic E-state index is 14.3. The fraction of sp³-hybridized carbons (Fsp3) is 0.0400. The Hall–Kier alpha value is -4.19. The predicted molar refractivity (Wildman–Crippen MR) is 116 cm³/mol. The van der Waals surface area contributed by atoms with Crippen molar-refractivity contribution in [3.63, 3.8) is 0 Å². The van der Waals surface area contributed by atoms with Crippen LogP contribution in [0.5, 0.6) is 11.5 Å². The molecule has 0 fully saturated rings. The Kier molecular flexibility index (Phi) is 6.62. The summed E-state index contributed by atoms with van der Waals surface area (Å²) in [6.45, 7) is 8.35. The molecule has 0 unspecified atom stereocenters. The molecule has 0 aliphatic rings. The van der Waals surface area contributed by atoms with Crippen molar-refractivity contribution in [1.29, 1.82) is 0 Å². The van der Waals surface area contributed by atoms with Crippen molar-refractivity contribution in [3.8, 4) is 22.8 Å². The summed E-state index contributed by atoms with van der Waals surface area (Å²) >= 11 is 0. The van der Waals surface area contributed by atoms with E-state index in [0.717, 1.165) is 17.7 Å². The van der Waals surface area contributed by atoms with E-state index in [-0.39, 0.29) is 11.3 Å². The van der Waals surface area contributed by atoms with Crippen LogP contribution in [0.2, 0.25) is 0 Å². The molecule has 0 N–H and O–H groups in total. The number of hydrogen-bond acceptors (Lipinski definition) is 5. The number of rotatable bonds is 7. The number of ether oxygens (including phenoxy) is 2. The minimum Gasteiger partial charge on any atom is -0.457 e. The molecule has 2 aromatic carbocycles. The Balaban J connectivity index is 1.69. The van der Waals surface area contributed by atoms with Crippen LogP contribution in [0.15, 0.2) is 83.8 Å². The molecule has 0 spiro atoms. The lowest BCUT2D eigenvalue weighted by Gasteiger charge is -2.05. The van der Waals surface area contributed by atoms with Crippen LogP contribution in [0.25, 0.3) is 23.5 Å². The summed E-state index contributed by atoms with van der Waals surface area (Å²) in [6, 6.07) is 14.5. The van der Waals surface area contributed by atoms with Crippen molar-refractivity contribution in [2.45, 2.75) is 6.92 Å². The van der Waals surface area contributed by atoms with E-state index in [1.54, 1.807) is 48.6 Å². The van der Waals surface area contributed by atoms with Gasteiger partial charge < -0.3 is 13.9 Å². The van der Waals surface area contributed by atoms with Gasteiger partial charge in [-0.05, 0) is 67.6 Å². The topological polar surface area (TPSA) is 65.7 Å². The highest BCUT2D eigenvalue weighted by Crippen LogP contribution is 2.26. The molecule has 0 saturated carbocycles. The quantitative estimate of drug-likeness (QED) is 0.274. The zero-order valence-corrected chi connectivity index (χ0v) is 16.8. The Morgan fingerprint density at radius 3 is 2.32 bits per heavy atom. The maximum Gasteiger partial charge on any atom is 0.338 e. The minimum absolute atomic E-state index is 0.102. The summed E-state index contributed by atoms with van der Waals surface area (Å²) < 4.78 is 30.1. The highest BCUT2D eigenvalue weighted by molar-refractivity contribution is 5.88. The highest BCUT2D eigenvalue weighted by Gasteiger charge is 2.09. The van der Waals surface area contributed by atoms with Crippen molar-refractivity contribution < 1.29 is 27.9 Å². The third kappa shape index (κ3) is 5.67. The molecule has 0 bridgehead atoms. The largest absolute Gasteiger partial charge is 0.457 e. The smallest absolute Gasteiger partial charge is 0.338 e. The van der Waals surface area contributed by atoms with Gasteiger partial charge in [-0.25, -0.2) is 14.0 Å². The van der Waals surface area contributed by atoms with Gasteiger partial charge in [0, 0.05) is 28.8 Å². The molecule has 1 heterocycles. The highest BCUT2D eigenvalue weighted by atomic mass is 19.1. The van der Waals surface area contributed by atoms with Gasteiger partial charge in [0.1, 0.15) is 28.8 Å². The second kappa shape index (κ2) is 9.54. The first-order valence-corrected chi connectivity index (χ1v) is 9.25. The Bertz CT molecular complexity index is 1170. The van der Waals surface area contributed by atoms with E-state index in [1.165, 1.54) is 19.1 Å². The average molecular weight is 418 g/mol.